The van der Waals surface area contributed by atoms with Crippen molar-refractivity contribution in [3.63, 3.8) is 0 Å². The highest BCUT2D eigenvalue weighted by Gasteiger charge is 2.36. The Labute approximate surface area is 186 Å². The number of hydrogen-bond acceptors (Lipinski definition) is 1. The molecular weight excluding hydrogens is 394 g/mol. The Morgan fingerprint density at radius 1 is 0.935 bits per heavy atom. The average Bonchev–Trinajstić information content (AvgIpc) is 2.68. The highest BCUT2D eigenvalue weighted by molar-refractivity contribution is 6.91. The van der Waals surface area contributed by atoms with E-state index in [9.17, 15) is 0 Å². The number of ether oxygens (including phenoxy) is 1. The Morgan fingerprint density at radius 2 is 1.68 bits per heavy atom. The molecule has 0 radical (unpaired) electrons. The predicted molar refractivity (Wildman–Crippen MR) is 135 cm³/mol. The summed E-state index contributed by atoms with van der Waals surface area (Å²) < 4.78 is 9.18. The molecule has 5 rings (SSSR count). The van der Waals surface area contributed by atoms with Crippen molar-refractivity contribution in [1.29, 1.82) is 0 Å². The van der Waals surface area contributed by atoms with Gasteiger partial charge >= 0.3 is 0 Å². The maximum atomic E-state index is 6.90. The number of aromatic nitrogens is 1. The molecule has 0 saturated carbocycles. The van der Waals surface area contributed by atoms with E-state index in [1.54, 1.807) is 0 Å². The van der Waals surface area contributed by atoms with E-state index in [1.807, 2.05) is 0 Å². The van der Waals surface area contributed by atoms with Gasteiger partial charge in [-0.3, -0.25) is 0 Å². The van der Waals surface area contributed by atoms with Crippen molar-refractivity contribution in [2.75, 3.05) is 0 Å². The first-order valence-corrected chi connectivity index (χ1v) is 14.8. The molecule has 158 valence electrons. The average molecular weight is 427 g/mol. The zero-order chi connectivity index (χ0) is 22.2. The molecule has 0 unspecified atom stereocenters. The molecule has 0 aliphatic carbocycles. The summed E-state index contributed by atoms with van der Waals surface area (Å²) in [6.07, 6.45) is 2.20. The fraction of sp³-hybridized carbons (Fsp3) is 0.321. The minimum atomic E-state index is -1.71. The van der Waals surface area contributed by atoms with E-state index in [-0.39, 0.29) is 0 Å². The number of hydrogen-bond donors (Lipinski definition) is 0. The quantitative estimate of drug-likeness (QED) is 0.222. The van der Waals surface area contributed by atoms with Crippen LogP contribution in [-0.2, 0) is 7.05 Å². The molecule has 0 saturated heterocycles. The van der Waals surface area contributed by atoms with Crippen molar-refractivity contribution in [3.8, 4) is 22.8 Å². The lowest BCUT2D eigenvalue weighted by Crippen LogP contribution is -2.41. The normalized spacial score (nSPS) is 13.1. The summed E-state index contributed by atoms with van der Waals surface area (Å²) in [5.74, 6) is 2.55. The summed E-state index contributed by atoms with van der Waals surface area (Å²) >= 11 is 0. The molecule has 1 aliphatic rings. The Kier molecular flexibility index (Phi) is 4.36. The Hall–Kier alpha value is -2.65. The second-order valence-electron chi connectivity index (χ2n) is 10.5. The lowest BCUT2D eigenvalue weighted by Gasteiger charge is -2.30. The summed E-state index contributed by atoms with van der Waals surface area (Å²) in [6.45, 7) is 16.3. The maximum Gasteiger partial charge on any atom is 0.228 e. The number of aryl methyl sites for hydroxylation is 3. The Balaban J connectivity index is 2.02. The molecular formula is C28H32NOSi+. The van der Waals surface area contributed by atoms with Gasteiger partial charge in [-0.15, -0.1) is 0 Å². The molecule has 2 nitrogen and oxygen atoms in total. The molecule has 4 aromatic rings. The predicted octanol–water partition coefficient (Wildman–Crippen LogP) is 6.88. The van der Waals surface area contributed by atoms with Crippen LogP contribution in [0.3, 0.4) is 0 Å². The first kappa shape index (κ1) is 20.3. The summed E-state index contributed by atoms with van der Waals surface area (Å²) in [5.41, 5.74) is 6.50. The number of fused-ring (bicyclic) bond motifs is 3. The van der Waals surface area contributed by atoms with E-state index in [4.69, 9.17) is 4.74 Å². The maximum absolute atomic E-state index is 6.90. The van der Waals surface area contributed by atoms with Crippen LogP contribution < -0.4 is 14.5 Å². The van der Waals surface area contributed by atoms with Crippen molar-refractivity contribution in [3.05, 3.63) is 59.3 Å². The minimum absolute atomic E-state index is 0.459. The number of pyridine rings is 1. The Bertz CT molecular complexity index is 1390. The smallest absolute Gasteiger partial charge is 0.228 e. The van der Waals surface area contributed by atoms with Gasteiger partial charge in [0, 0.05) is 6.07 Å². The fourth-order valence-corrected chi connectivity index (χ4v) is 7.06. The minimum Gasteiger partial charge on any atom is -0.456 e. The Morgan fingerprint density at radius 3 is 2.35 bits per heavy atom. The van der Waals surface area contributed by atoms with Crippen LogP contribution in [-0.4, -0.2) is 8.07 Å². The number of benzene rings is 3. The monoisotopic (exact) mass is 426 g/mol. The van der Waals surface area contributed by atoms with Gasteiger partial charge in [-0.1, -0.05) is 63.3 Å². The van der Waals surface area contributed by atoms with E-state index < -0.39 is 8.07 Å². The molecule has 1 aromatic heterocycles. The van der Waals surface area contributed by atoms with Crippen molar-refractivity contribution in [2.45, 2.75) is 53.3 Å². The first-order chi connectivity index (χ1) is 14.6. The number of rotatable bonds is 2. The molecule has 31 heavy (non-hydrogen) atoms. The standard InChI is InChI=1S/C28H32NOSi/c1-16(2)20-14-19-11-12-29(5)26-24-18(4)21-10-9-17(3)13-22(21)28(31(6,7)8)27(24)30-23(15-20)25(19)26/h9-16H,1-8H3/q+1. The van der Waals surface area contributed by atoms with E-state index in [1.165, 1.54) is 54.7 Å². The van der Waals surface area contributed by atoms with Crippen LogP contribution in [0.15, 0.2) is 42.6 Å². The zero-order valence-corrected chi connectivity index (χ0v) is 21.0. The van der Waals surface area contributed by atoms with Gasteiger partial charge < -0.3 is 4.74 Å². The second-order valence-corrected chi connectivity index (χ2v) is 15.5. The van der Waals surface area contributed by atoms with Gasteiger partial charge in [0.25, 0.3) is 0 Å². The second kappa shape index (κ2) is 6.67. The van der Waals surface area contributed by atoms with Crippen LogP contribution in [0, 0.1) is 13.8 Å². The molecule has 1 aliphatic heterocycles. The van der Waals surface area contributed by atoms with Crippen LogP contribution in [0.2, 0.25) is 19.6 Å². The van der Waals surface area contributed by atoms with E-state index in [2.05, 4.69) is 102 Å². The third kappa shape index (κ3) is 2.94. The summed E-state index contributed by atoms with van der Waals surface area (Å²) in [6, 6.07) is 13.7. The fourth-order valence-electron chi connectivity index (χ4n) is 5.19. The SMILES string of the molecule is Cc1ccc2c(C)c3c(c([Si](C)(C)C)c2c1)Oc1cc(C(C)C)cc2cc[n+](C)c-3c12. The van der Waals surface area contributed by atoms with Gasteiger partial charge in [0.1, 0.15) is 18.5 Å². The van der Waals surface area contributed by atoms with Gasteiger partial charge in [0.15, 0.2) is 6.20 Å². The third-order valence-corrected chi connectivity index (χ3v) is 8.76. The largest absolute Gasteiger partial charge is 0.456 e. The lowest BCUT2D eigenvalue weighted by atomic mass is 9.90. The van der Waals surface area contributed by atoms with Crippen LogP contribution in [0.5, 0.6) is 11.5 Å². The van der Waals surface area contributed by atoms with Crippen LogP contribution in [0.25, 0.3) is 32.8 Å². The summed E-state index contributed by atoms with van der Waals surface area (Å²) in [4.78, 5) is 0. The van der Waals surface area contributed by atoms with Gasteiger partial charge in [0.2, 0.25) is 5.69 Å². The molecule has 0 atom stereocenters. The van der Waals surface area contributed by atoms with Gasteiger partial charge in [-0.25, -0.2) is 4.57 Å². The number of nitrogens with zero attached hydrogens (tertiary/aromatic N) is 1. The van der Waals surface area contributed by atoms with E-state index in [0.29, 0.717) is 5.92 Å². The summed E-state index contributed by atoms with van der Waals surface area (Å²) in [5, 5.41) is 6.65. The van der Waals surface area contributed by atoms with Crippen LogP contribution in [0.4, 0.5) is 0 Å². The summed E-state index contributed by atoms with van der Waals surface area (Å²) in [7, 11) is 0.449. The van der Waals surface area contributed by atoms with Crippen molar-refractivity contribution in [2.24, 2.45) is 7.05 Å². The third-order valence-electron chi connectivity index (χ3n) is 6.77. The molecule has 0 fully saturated rings. The highest BCUT2D eigenvalue weighted by Crippen LogP contribution is 2.49. The molecule has 2 heterocycles. The first-order valence-electron chi connectivity index (χ1n) is 11.3. The topological polar surface area (TPSA) is 13.1 Å². The van der Waals surface area contributed by atoms with Crippen LogP contribution >= 0.6 is 0 Å². The van der Waals surface area contributed by atoms with Crippen molar-refractivity contribution >= 4 is 34.8 Å². The molecule has 0 N–H and O–H groups in total. The van der Waals surface area contributed by atoms with Gasteiger partial charge in [-0.2, -0.15) is 0 Å². The molecule has 3 heteroatoms. The van der Waals surface area contributed by atoms with E-state index >= 15 is 0 Å². The highest BCUT2D eigenvalue weighted by atomic mass is 28.3. The van der Waals surface area contributed by atoms with Gasteiger partial charge in [0.05, 0.1) is 19.0 Å². The molecule has 0 bridgehead atoms. The molecule has 3 aromatic carbocycles. The molecule has 0 amide bonds. The van der Waals surface area contributed by atoms with Crippen molar-refractivity contribution < 1.29 is 9.30 Å². The van der Waals surface area contributed by atoms with E-state index in [0.717, 1.165) is 11.5 Å². The molecule has 0 spiro atoms. The van der Waals surface area contributed by atoms with Crippen LogP contribution in [0.1, 0.15) is 36.5 Å². The zero-order valence-electron chi connectivity index (χ0n) is 20.0. The lowest BCUT2D eigenvalue weighted by molar-refractivity contribution is -0.659. The van der Waals surface area contributed by atoms with Gasteiger partial charge in [-0.05, 0) is 58.3 Å². The van der Waals surface area contributed by atoms with Crippen molar-refractivity contribution in [1.82, 2.24) is 0 Å².